The Hall–Kier alpha value is -2.01. The van der Waals surface area contributed by atoms with E-state index in [0.29, 0.717) is 4.90 Å². The Morgan fingerprint density at radius 1 is 1.10 bits per heavy atom. The highest BCUT2D eigenvalue weighted by molar-refractivity contribution is 7.90. The molecule has 2 aromatic carbocycles. The van der Waals surface area contributed by atoms with Crippen molar-refractivity contribution < 1.29 is 13.5 Å². The van der Waals surface area contributed by atoms with Crippen molar-refractivity contribution in [3.05, 3.63) is 53.6 Å². The molecule has 2 N–H and O–H groups in total. The standard InChI is InChI=1S/C16H19NO3S/c1-11-4-9-15(16(18)10-11)12(2)17-13-5-7-14(8-6-13)21(3,19)20/h4-10,12,17-18H,1-3H3. The maximum absolute atomic E-state index is 11.4. The second kappa shape index (κ2) is 5.77. The van der Waals surface area contributed by atoms with Gasteiger partial charge in [0, 0.05) is 17.5 Å². The van der Waals surface area contributed by atoms with Crippen molar-refractivity contribution >= 4 is 15.5 Å². The molecule has 0 aliphatic carbocycles. The van der Waals surface area contributed by atoms with Crippen LogP contribution >= 0.6 is 0 Å². The van der Waals surface area contributed by atoms with Crippen LogP contribution in [-0.4, -0.2) is 19.8 Å². The highest BCUT2D eigenvalue weighted by Crippen LogP contribution is 2.28. The van der Waals surface area contributed by atoms with E-state index in [2.05, 4.69) is 5.32 Å². The molecule has 0 spiro atoms. The van der Waals surface area contributed by atoms with Crippen LogP contribution in [0.3, 0.4) is 0 Å². The number of aryl methyl sites for hydroxylation is 1. The van der Waals surface area contributed by atoms with Gasteiger partial charge in [0.25, 0.3) is 0 Å². The summed E-state index contributed by atoms with van der Waals surface area (Å²) >= 11 is 0. The molecule has 0 saturated carbocycles. The van der Waals surface area contributed by atoms with Crippen molar-refractivity contribution in [3.63, 3.8) is 0 Å². The third-order valence-electron chi connectivity index (χ3n) is 3.32. The lowest BCUT2D eigenvalue weighted by Gasteiger charge is -2.17. The van der Waals surface area contributed by atoms with Crippen LogP contribution in [0.15, 0.2) is 47.4 Å². The van der Waals surface area contributed by atoms with Crippen molar-refractivity contribution in [1.29, 1.82) is 0 Å². The van der Waals surface area contributed by atoms with Crippen LogP contribution in [0.2, 0.25) is 0 Å². The monoisotopic (exact) mass is 305 g/mol. The zero-order valence-corrected chi connectivity index (χ0v) is 13.1. The Bertz CT molecular complexity index is 737. The Morgan fingerprint density at radius 2 is 1.71 bits per heavy atom. The summed E-state index contributed by atoms with van der Waals surface area (Å²) in [6.45, 7) is 3.86. The summed E-state index contributed by atoms with van der Waals surface area (Å²) in [5.41, 5.74) is 2.60. The van der Waals surface area contributed by atoms with E-state index in [4.69, 9.17) is 0 Å². The summed E-state index contributed by atoms with van der Waals surface area (Å²) < 4.78 is 22.8. The number of sulfone groups is 1. The van der Waals surface area contributed by atoms with Crippen molar-refractivity contribution in [3.8, 4) is 5.75 Å². The molecule has 21 heavy (non-hydrogen) atoms. The average Bonchev–Trinajstić information content (AvgIpc) is 2.38. The number of nitrogens with one attached hydrogen (secondary N) is 1. The lowest BCUT2D eigenvalue weighted by Crippen LogP contribution is -2.07. The fraction of sp³-hybridized carbons (Fsp3) is 0.250. The molecular formula is C16H19NO3S. The molecular weight excluding hydrogens is 286 g/mol. The van der Waals surface area contributed by atoms with Gasteiger partial charge in [-0.15, -0.1) is 0 Å². The molecule has 0 saturated heterocycles. The first-order chi connectivity index (χ1) is 9.77. The molecule has 112 valence electrons. The van der Waals surface area contributed by atoms with E-state index in [9.17, 15) is 13.5 Å². The Kier molecular flexibility index (Phi) is 4.23. The zero-order chi connectivity index (χ0) is 15.6. The highest BCUT2D eigenvalue weighted by Gasteiger charge is 2.11. The van der Waals surface area contributed by atoms with Crippen LogP contribution in [0.4, 0.5) is 5.69 Å². The molecule has 0 radical (unpaired) electrons. The Morgan fingerprint density at radius 3 is 2.24 bits per heavy atom. The average molecular weight is 305 g/mol. The number of hydrogen-bond acceptors (Lipinski definition) is 4. The van der Waals surface area contributed by atoms with E-state index >= 15 is 0 Å². The minimum atomic E-state index is -3.18. The summed E-state index contributed by atoms with van der Waals surface area (Å²) in [7, 11) is -3.18. The lowest BCUT2D eigenvalue weighted by molar-refractivity contribution is 0.465. The Balaban J connectivity index is 2.18. The number of phenols is 1. The maximum Gasteiger partial charge on any atom is 0.175 e. The summed E-state index contributed by atoms with van der Waals surface area (Å²) in [6.07, 6.45) is 1.18. The summed E-state index contributed by atoms with van der Waals surface area (Å²) in [5, 5.41) is 13.2. The van der Waals surface area contributed by atoms with Crippen molar-refractivity contribution in [2.24, 2.45) is 0 Å². The minimum absolute atomic E-state index is 0.0883. The smallest absolute Gasteiger partial charge is 0.175 e. The van der Waals surface area contributed by atoms with Gasteiger partial charge in [-0.05, 0) is 49.7 Å². The van der Waals surface area contributed by atoms with Crippen molar-refractivity contribution in [2.45, 2.75) is 24.8 Å². The van der Waals surface area contributed by atoms with Crippen LogP contribution < -0.4 is 5.32 Å². The topological polar surface area (TPSA) is 66.4 Å². The number of anilines is 1. The van der Waals surface area contributed by atoms with Gasteiger partial charge in [-0.1, -0.05) is 12.1 Å². The fourth-order valence-corrected chi connectivity index (χ4v) is 2.78. The van der Waals surface area contributed by atoms with Crippen LogP contribution in [0.25, 0.3) is 0 Å². The largest absolute Gasteiger partial charge is 0.508 e. The molecule has 0 bridgehead atoms. The van der Waals surface area contributed by atoms with Gasteiger partial charge in [-0.2, -0.15) is 0 Å². The van der Waals surface area contributed by atoms with Gasteiger partial charge < -0.3 is 10.4 Å². The van der Waals surface area contributed by atoms with Crippen LogP contribution in [0.1, 0.15) is 24.1 Å². The molecule has 0 aliphatic rings. The molecule has 0 heterocycles. The van der Waals surface area contributed by atoms with Crippen LogP contribution in [-0.2, 0) is 9.84 Å². The molecule has 1 atom stereocenters. The fourth-order valence-electron chi connectivity index (χ4n) is 2.15. The number of phenolic OH excluding ortho intramolecular Hbond substituents is 1. The number of aromatic hydroxyl groups is 1. The predicted octanol–water partition coefficient (Wildman–Crippen LogP) is 3.28. The number of benzene rings is 2. The molecule has 2 rings (SSSR count). The predicted molar refractivity (Wildman–Crippen MR) is 84.4 cm³/mol. The first kappa shape index (κ1) is 15.4. The van der Waals surface area contributed by atoms with E-state index in [1.54, 1.807) is 30.3 Å². The van der Waals surface area contributed by atoms with Gasteiger partial charge in [-0.25, -0.2) is 8.42 Å². The molecule has 0 aromatic heterocycles. The van der Waals surface area contributed by atoms with Gasteiger partial charge in [0.15, 0.2) is 9.84 Å². The third-order valence-corrected chi connectivity index (χ3v) is 4.45. The summed E-state index contributed by atoms with van der Waals surface area (Å²) in [6, 6.07) is 12.0. The highest BCUT2D eigenvalue weighted by atomic mass is 32.2. The zero-order valence-electron chi connectivity index (χ0n) is 12.3. The van der Waals surface area contributed by atoms with E-state index in [-0.39, 0.29) is 11.8 Å². The first-order valence-electron chi connectivity index (χ1n) is 6.63. The Labute approximate surface area is 125 Å². The van der Waals surface area contributed by atoms with Gasteiger partial charge >= 0.3 is 0 Å². The van der Waals surface area contributed by atoms with Crippen LogP contribution in [0, 0.1) is 6.92 Å². The normalized spacial score (nSPS) is 12.9. The number of rotatable bonds is 4. The van der Waals surface area contributed by atoms with E-state index in [1.165, 1.54) is 6.26 Å². The second-order valence-corrected chi connectivity index (χ2v) is 7.24. The summed E-state index contributed by atoms with van der Waals surface area (Å²) in [4.78, 5) is 0.291. The molecule has 0 amide bonds. The lowest BCUT2D eigenvalue weighted by atomic mass is 10.0. The summed E-state index contributed by atoms with van der Waals surface area (Å²) in [5.74, 6) is 0.253. The van der Waals surface area contributed by atoms with E-state index < -0.39 is 9.84 Å². The SMILES string of the molecule is Cc1ccc(C(C)Nc2ccc(S(C)(=O)=O)cc2)c(O)c1. The number of hydrogen-bond donors (Lipinski definition) is 2. The van der Waals surface area contributed by atoms with Gasteiger partial charge in [0.05, 0.1) is 10.9 Å². The van der Waals surface area contributed by atoms with Crippen molar-refractivity contribution in [2.75, 3.05) is 11.6 Å². The van der Waals surface area contributed by atoms with E-state index in [1.807, 2.05) is 26.0 Å². The molecule has 2 aromatic rings. The molecule has 4 nitrogen and oxygen atoms in total. The molecule has 1 unspecified atom stereocenters. The first-order valence-corrected chi connectivity index (χ1v) is 8.52. The van der Waals surface area contributed by atoms with Gasteiger partial charge in [-0.3, -0.25) is 0 Å². The van der Waals surface area contributed by atoms with Gasteiger partial charge in [0.1, 0.15) is 5.75 Å². The maximum atomic E-state index is 11.4. The van der Waals surface area contributed by atoms with E-state index in [0.717, 1.165) is 16.8 Å². The molecule has 0 fully saturated rings. The second-order valence-electron chi connectivity index (χ2n) is 5.22. The quantitative estimate of drug-likeness (QED) is 0.909. The van der Waals surface area contributed by atoms with Gasteiger partial charge in [0.2, 0.25) is 0 Å². The molecule has 0 aliphatic heterocycles. The van der Waals surface area contributed by atoms with Crippen molar-refractivity contribution in [1.82, 2.24) is 0 Å². The van der Waals surface area contributed by atoms with Crippen LogP contribution in [0.5, 0.6) is 5.75 Å². The minimum Gasteiger partial charge on any atom is -0.508 e. The molecule has 5 heteroatoms. The third kappa shape index (κ3) is 3.76.